The van der Waals surface area contributed by atoms with E-state index >= 15 is 0 Å². The largest absolute Gasteiger partial charge is 0.454 e. The molecule has 4 aliphatic rings. The highest BCUT2D eigenvalue weighted by molar-refractivity contribution is 7.03. The quantitative estimate of drug-likeness (QED) is 0.147. The van der Waals surface area contributed by atoms with Gasteiger partial charge in [-0.25, -0.2) is 0 Å². The van der Waals surface area contributed by atoms with Gasteiger partial charge in [-0.1, -0.05) is 272 Å². The third kappa shape index (κ3) is 9.45. The summed E-state index contributed by atoms with van der Waals surface area (Å²) in [6, 6.07) is 119. The van der Waals surface area contributed by atoms with Gasteiger partial charge in [0.25, 0.3) is 13.4 Å². The summed E-state index contributed by atoms with van der Waals surface area (Å²) >= 11 is 0. The van der Waals surface area contributed by atoms with Crippen LogP contribution >= 0.6 is 0 Å². The van der Waals surface area contributed by atoms with Crippen LogP contribution in [-0.2, 0) is 10.8 Å². The number of furan rings is 3. The average molecular weight is 1480 g/mol. The highest BCUT2D eigenvalue weighted by atomic mass is 16.3. The van der Waals surface area contributed by atoms with Crippen LogP contribution in [0.5, 0.6) is 0 Å². The predicted molar refractivity (Wildman–Crippen MR) is 484 cm³/mol. The maximum atomic E-state index is 9.30. The SMILES string of the molecule is [2H]C([2H])([2H])c1ccc2c(c1)N(c1cccc3c1oc1ccccc13)c1cc(C(C)(C)C)cc3c1B2c1cc2c(cc1N3c1cccc3c1oc1ccccc13)N(c1c(-c3ccccc3)cccc1-c1ccccc1)c1cc(C(C)(C)C)cc3c1B2c1ccc(-n2c4ccccc4c4ccccc42)cc1N3c1cccc2c1oc1ccccc12. The van der Waals surface area contributed by atoms with Crippen molar-refractivity contribution in [1.82, 2.24) is 4.57 Å². The molecule has 0 aliphatic carbocycles. The van der Waals surface area contributed by atoms with E-state index in [1.807, 2.05) is 24.3 Å². The highest BCUT2D eigenvalue weighted by Crippen LogP contribution is 2.56. The van der Waals surface area contributed by atoms with Crippen molar-refractivity contribution in [3.05, 3.63) is 344 Å². The molecule has 115 heavy (non-hydrogen) atoms. The van der Waals surface area contributed by atoms with Crippen LogP contribution in [0.15, 0.2) is 341 Å². The van der Waals surface area contributed by atoms with Crippen molar-refractivity contribution in [1.29, 1.82) is 0 Å². The maximum absolute atomic E-state index is 9.30. The molecule has 0 radical (unpaired) electrons. The van der Waals surface area contributed by atoms with Gasteiger partial charge in [0.15, 0.2) is 16.7 Å². The van der Waals surface area contributed by atoms with Crippen LogP contribution in [-0.4, -0.2) is 18.0 Å². The molecule has 8 heterocycles. The fraction of sp³-hybridized carbons (Fsp3) is 0.0857. The average Bonchev–Trinajstić information content (AvgIpc) is 0.759. The van der Waals surface area contributed by atoms with Crippen molar-refractivity contribution in [2.75, 3.05) is 19.6 Å². The van der Waals surface area contributed by atoms with E-state index in [0.717, 1.165) is 211 Å². The molecule has 0 fully saturated rings. The normalized spacial score (nSPS) is 14.1. The summed E-state index contributed by atoms with van der Waals surface area (Å²) in [5.41, 5.74) is 31.6. The minimum atomic E-state index is -2.47. The number of para-hydroxylation sites is 9. The molecule has 0 N–H and O–H groups in total. The summed E-state index contributed by atoms with van der Waals surface area (Å²) in [5, 5.41) is 8.43. The van der Waals surface area contributed by atoms with Crippen molar-refractivity contribution in [2.45, 2.75) is 59.2 Å². The van der Waals surface area contributed by atoms with Gasteiger partial charge in [-0.15, -0.1) is 0 Å². The van der Waals surface area contributed by atoms with Crippen LogP contribution in [0.4, 0.5) is 68.2 Å². The van der Waals surface area contributed by atoms with Gasteiger partial charge in [0.1, 0.15) is 16.7 Å². The van der Waals surface area contributed by atoms with Crippen LogP contribution < -0.4 is 52.4 Å². The number of hydrogen-bond acceptors (Lipinski definition) is 7. The van der Waals surface area contributed by atoms with Crippen molar-refractivity contribution < 1.29 is 17.4 Å². The van der Waals surface area contributed by atoms with E-state index < -0.39 is 31.1 Å². The molecule has 0 atom stereocenters. The molecule has 4 aliphatic heterocycles. The Balaban J connectivity index is 0.884. The summed E-state index contributed by atoms with van der Waals surface area (Å²) in [4.78, 5) is 10.1. The van der Waals surface area contributed by atoms with Crippen LogP contribution in [0.3, 0.4) is 0 Å². The lowest BCUT2D eigenvalue weighted by molar-refractivity contribution is 0.590. The zero-order valence-electron chi connectivity index (χ0n) is 67.3. The van der Waals surface area contributed by atoms with Gasteiger partial charge in [0, 0.05) is 110 Å². The fourth-order valence-electron chi connectivity index (χ4n) is 19.9. The Morgan fingerprint density at radius 2 is 0.643 bits per heavy atom. The molecule has 10 heteroatoms. The Morgan fingerprint density at radius 1 is 0.278 bits per heavy atom. The van der Waals surface area contributed by atoms with Gasteiger partial charge in [0.05, 0.1) is 33.8 Å². The summed E-state index contributed by atoms with van der Waals surface area (Å²) in [6.45, 7) is 10.5. The zero-order chi connectivity index (χ0) is 79.1. The molecule has 0 unspecified atom stereocenters. The van der Waals surface area contributed by atoms with E-state index in [-0.39, 0.29) is 5.56 Å². The topological polar surface area (TPSA) is 57.3 Å². The summed E-state index contributed by atoms with van der Waals surface area (Å²) in [5.74, 6) is 0. The standard InChI is InChI=1S/C105H75B2N5O3/c1-62-50-52-78-87(54-62)109(84-44-25-39-75-72-34-16-21-47-95(72)113-101(75)84)91-55-65(104(2,3)4)56-92-98(91)106(78)80-60-81-90(61-89(80)111(92)86-46-27-41-77-74-36-18-23-49-97(74)115-103(77)86)112(100-68(63-28-10-8-11-29-63)37-24-38-69(100)64-30-12-9-13-31-64)94-58-66(105(5,6)7)57-93-99(94)107(81)79-53-51-67(108-82-42-19-14-32-70(82)71-33-15-20-43-83(71)108)59-88(79)110(93)85-45-26-40-76-73-35-17-22-48-96(73)114-102(76)85/h8-61H,1-7H3/i1D3. The smallest absolute Gasteiger partial charge is 0.252 e. The third-order valence-corrected chi connectivity index (χ3v) is 25.1. The zero-order valence-corrected chi connectivity index (χ0v) is 64.3. The summed E-state index contributed by atoms with van der Waals surface area (Å²) < 4.78 is 52.2. The highest BCUT2D eigenvalue weighted by Gasteiger charge is 2.51. The molecule has 0 saturated heterocycles. The predicted octanol–water partition coefficient (Wildman–Crippen LogP) is 24.9. The summed E-state index contributed by atoms with van der Waals surface area (Å²) in [6.07, 6.45) is 0. The van der Waals surface area contributed by atoms with Gasteiger partial charge >= 0.3 is 0 Å². The second-order valence-corrected chi connectivity index (χ2v) is 33.6. The first kappa shape index (κ1) is 62.7. The van der Waals surface area contributed by atoms with Crippen molar-refractivity contribution in [3.63, 3.8) is 0 Å². The molecule has 8 nitrogen and oxygen atoms in total. The number of anilines is 12. The van der Waals surface area contributed by atoms with E-state index in [1.165, 1.54) is 10.8 Å². The molecule has 4 aromatic heterocycles. The Morgan fingerprint density at radius 3 is 1.09 bits per heavy atom. The number of rotatable bonds is 7. The van der Waals surface area contributed by atoms with Crippen molar-refractivity contribution in [3.8, 4) is 27.9 Å². The monoisotopic (exact) mass is 1480 g/mol. The van der Waals surface area contributed by atoms with Crippen LogP contribution in [0.25, 0.3) is 116 Å². The molecule has 20 aromatic rings. The number of aryl methyl sites for hydroxylation is 1. The molecule has 0 spiro atoms. The number of benzene rings is 16. The van der Waals surface area contributed by atoms with Gasteiger partial charge < -0.3 is 37.4 Å². The van der Waals surface area contributed by atoms with Gasteiger partial charge in [0.2, 0.25) is 0 Å². The van der Waals surface area contributed by atoms with E-state index in [9.17, 15) is 4.11 Å². The Kier molecular flexibility index (Phi) is 13.1. The molecular weight excluding hydrogens is 1400 g/mol. The Hall–Kier alpha value is -14.0. The molecule has 24 rings (SSSR count). The number of nitrogens with zero attached hydrogens (tertiary/aromatic N) is 5. The van der Waals surface area contributed by atoms with Gasteiger partial charge in [-0.2, -0.15) is 0 Å². The summed E-state index contributed by atoms with van der Waals surface area (Å²) in [7, 11) is 0. The van der Waals surface area contributed by atoms with Crippen LogP contribution in [0.2, 0.25) is 0 Å². The van der Waals surface area contributed by atoms with Crippen LogP contribution in [0.1, 0.15) is 62.3 Å². The lowest BCUT2D eigenvalue weighted by atomic mass is 9.30. The van der Waals surface area contributed by atoms with E-state index in [0.29, 0.717) is 5.58 Å². The Labute approximate surface area is 670 Å². The first-order chi connectivity index (χ1) is 57.5. The first-order valence-electron chi connectivity index (χ1n) is 41.4. The second-order valence-electron chi connectivity index (χ2n) is 33.6. The third-order valence-electron chi connectivity index (χ3n) is 25.1. The second kappa shape index (κ2) is 24.0. The maximum Gasteiger partial charge on any atom is 0.252 e. The van der Waals surface area contributed by atoms with E-state index in [1.54, 1.807) is 0 Å². The molecular formula is C105H75B2N5O3. The lowest BCUT2D eigenvalue weighted by Gasteiger charge is -2.48. The lowest BCUT2D eigenvalue weighted by Crippen LogP contribution is -2.65. The number of aromatic nitrogens is 1. The number of fused-ring (bicyclic) bond motifs is 20. The first-order valence-corrected chi connectivity index (χ1v) is 39.9. The molecule has 0 amide bonds. The van der Waals surface area contributed by atoms with Gasteiger partial charge in [-0.3, -0.25) is 0 Å². The molecule has 0 bridgehead atoms. The Bertz CT molecular complexity index is 7600. The van der Waals surface area contributed by atoms with Crippen LogP contribution in [0, 0.1) is 6.85 Å². The molecule has 16 aromatic carbocycles. The minimum absolute atomic E-state index is 0.242. The minimum Gasteiger partial charge on any atom is -0.454 e. The molecule has 544 valence electrons. The van der Waals surface area contributed by atoms with Crippen molar-refractivity contribution >= 4 is 202 Å². The fourth-order valence-corrected chi connectivity index (χ4v) is 19.9. The van der Waals surface area contributed by atoms with E-state index in [4.69, 9.17) is 13.3 Å². The van der Waals surface area contributed by atoms with E-state index in [2.05, 4.69) is 369 Å². The van der Waals surface area contributed by atoms with Gasteiger partial charge in [-0.05, 0) is 175 Å². The van der Waals surface area contributed by atoms with Crippen molar-refractivity contribution in [2.24, 2.45) is 0 Å². The molecule has 0 saturated carbocycles. The number of hydrogen-bond donors (Lipinski definition) is 0.